The quantitative estimate of drug-likeness (QED) is 0.776. The van der Waals surface area contributed by atoms with Gasteiger partial charge in [-0.2, -0.15) is 0 Å². The molecule has 0 aliphatic carbocycles. The first-order valence-electron chi connectivity index (χ1n) is 4.78. The molecule has 100 valence electrons. The summed E-state index contributed by atoms with van der Waals surface area (Å²) in [5.41, 5.74) is 0.328. The van der Waals surface area contributed by atoms with Crippen LogP contribution in [0.15, 0.2) is 24.3 Å². The molecule has 0 saturated carbocycles. The third kappa shape index (κ3) is 4.50. The van der Waals surface area contributed by atoms with E-state index >= 15 is 0 Å². The van der Waals surface area contributed by atoms with Crippen molar-refractivity contribution in [2.24, 2.45) is 0 Å². The number of amides is 1. The average molecular weight is 265 g/mol. The topological polar surface area (TPSA) is 78.8 Å². The molecule has 8 heteroatoms. The normalized spacial score (nSPS) is 12.9. The molecule has 1 amide bonds. The van der Waals surface area contributed by atoms with E-state index in [1.165, 1.54) is 12.1 Å². The van der Waals surface area contributed by atoms with Crippen molar-refractivity contribution in [3.63, 3.8) is 0 Å². The molecule has 1 aromatic rings. The number of carbonyl (C=O) groups is 1. The molecular formula is C10H10F3NO4. The van der Waals surface area contributed by atoms with Crippen molar-refractivity contribution in [3.8, 4) is 5.75 Å². The van der Waals surface area contributed by atoms with Crippen LogP contribution in [0, 0.1) is 0 Å². The zero-order chi connectivity index (χ0) is 13.8. The predicted molar refractivity (Wildman–Crippen MR) is 54.1 cm³/mol. The standard InChI is InChI=1S/C10H10F3NO4/c11-10(12,13)18-7-3-1-6(2-4-7)8(5-15)14-9(16)17/h1-4,8,14-15H,5H2,(H,16,17). The maximum absolute atomic E-state index is 11.9. The molecule has 0 aliphatic heterocycles. The van der Waals surface area contributed by atoms with Crippen LogP contribution in [-0.4, -0.2) is 29.3 Å². The number of alkyl halides is 3. The second-order valence-corrected chi connectivity index (χ2v) is 3.30. The van der Waals surface area contributed by atoms with E-state index in [0.717, 1.165) is 12.1 Å². The van der Waals surface area contributed by atoms with E-state index in [-0.39, 0.29) is 0 Å². The summed E-state index contributed by atoms with van der Waals surface area (Å²) < 4.78 is 39.3. The summed E-state index contributed by atoms with van der Waals surface area (Å²) in [6, 6.07) is 3.64. The lowest BCUT2D eigenvalue weighted by molar-refractivity contribution is -0.274. The highest BCUT2D eigenvalue weighted by Gasteiger charge is 2.31. The molecule has 18 heavy (non-hydrogen) atoms. The highest BCUT2D eigenvalue weighted by molar-refractivity contribution is 5.65. The fourth-order valence-electron chi connectivity index (χ4n) is 1.29. The molecule has 0 heterocycles. The summed E-state index contributed by atoms with van der Waals surface area (Å²) in [6.45, 7) is -0.508. The number of carboxylic acid groups (broad SMARTS) is 1. The number of benzene rings is 1. The first-order valence-corrected chi connectivity index (χ1v) is 4.78. The first kappa shape index (κ1) is 14.1. The molecule has 0 aliphatic rings. The minimum Gasteiger partial charge on any atom is -0.465 e. The number of aliphatic hydroxyl groups excluding tert-OH is 1. The van der Waals surface area contributed by atoms with Gasteiger partial charge in [-0.25, -0.2) is 4.79 Å². The Hall–Kier alpha value is -1.96. The zero-order valence-electron chi connectivity index (χ0n) is 8.94. The maximum atomic E-state index is 11.9. The Morgan fingerprint density at radius 3 is 2.28 bits per heavy atom. The summed E-state index contributed by atoms with van der Waals surface area (Å²) in [5, 5.41) is 19.5. The number of hydrogen-bond acceptors (Lipinski definition) is 3. The summed E-state index contributed by atoms with van der Waals surface area (Å²) >= 11 is 0. The number of rotatable bonds is 4. The molecule has 0 aromatic heterocycles. The molecule has 0 spiro atoms. The van der Waals surface area contributed by atoms with Crippen LogP contribution in [0.2, 0.25) is 0 Å². The van der Waals surface area contributed by atoms with E-state index < -0.39 is 30.9 Å². The van der Waals surface area contributed by atoms with E-state index in [1.807, 2.05) is 5.32 Å². The molecule has 1 rings (SSSR count). The van der Waals surface area contributed by atoms with Gasteiger partial charge in [-0.1, -0.05) is 12.1 Å². The summed E-state index contributed by atoms with van der Waals surface area (Å²) in [7, 11) is 0. The van der Waals surface area contributed by atoms with Gasteiger partial charge in [-0.15, -0.1) is 13.2 Å². The molecule has 0 radical (unpaired) electrons. The molecule has 1 unspecified atom stereocenters. The zero-order valence-corrected chi connectivity index (χ0v) is 8.94. The third-order valence-corrected chi connectivity index (χ3v) is 2.00. The van der Waals surface area contributed by atoms with Gasteiger partial charge in [-0.05, 0) is 17.7 Å². The minimum absolute atomic E-state index is 0.328. The van der Waals surface area contributed by atoms with Crippen LogP contribution in [0.3, 0.4) is 0 Å². The lowest BCUT2D eigenvalue weighted by Crippen LogP contribution is -2.29. The van der Waals surface area contributed by atoms with E-state index in [9.17, 15) is 18.0 Å². The number of aliphatic hydroxyl groups is 1. The highest BCUT2D eigenvalue weighted by atomic mass is 19.4. The van der Waals surface area contributed by atoms with Crippen molar-refractivity contribution < 1.29 is 32.9 Å². The van der Waals surface area contributed by atoms with Crippen LogP contribution in [0.1, 0.15) is 11.6 Å². The van der Waals surface area contributed by atoms with E-state index in [1.54, 1.807) is 0 Å². The van der Waals surface area contributed by atoms with Crippen LogP contribution in [0.5, 0.6) is 5.75 Å². The van der Waals surface area contributed by atoms with Gasteiger partial charge in [-0.3, -0.25) is 0 Å². The van der Waals surface area contributed by atoms with Gasteiger partial charge in [0.2, 0.25) is 0 Å². The molecule has 3 N–H and O–H groups in total. The van der Waals surface area contributed by atoms with Crippen LogP contribution < -0.4 is 10.1 Å². The smallest absolute Gasteiger partial charge is 0.465 e. The number of nitrogens with one attached hydrogen (secondary N) is 1. The Kier molecular flexibility index (Phi) is 4.38. The Bertz CT molecular complexity index is 405. The van der Waals surface area contributed by atoms with Crippen LogP contribution >= 0.6 is 0 Å². The van der Waals surface area contributed by atoms with Gasteiger partial charge < -0.3 is 20.3 Å². The number of halogens is 3. The molecule has 0 bridgehead atoms. The lowest BCUT2D eigenvalue weighted by atomic mass is 10.1. The van der Waals surface area contributed by atoms with Crippen molar-refractivity contribution in [3.05, 3.63) is 29.8 Å². The van der Waals surface area contributed by atoms with Crippen LogP contribution in [0.25, 0.3) is 0 Å². The maximum Gasteiger partial charge on any atom is 0.573 e. The SMILES string of the molecule is O=C(O)NC(CO)c1ccc(OC(F)(F)F)cc1. The van der Waals surface area contributed by atoms with E-state index in [2.05, 4.69) is 4.74 Å². The van der Waals surface area contributed by atoms with Gasteiger partial charge in [0.05, 0.1) is 12.6 Å². The molecule has 1 aromatic carbocycles. The monoisotopic (exact) mass is 265 g/mol. The molecular weight excluding hydrogens is 255 g/mol. The summed E-state index contributed by atoms with van der Waals surface area (Å²) in [6.07, 6.45) is -6.12. The molecule has 1 atom stereocenters. The Labute approximate surface area is 99.8 Å². The highest BCUT2D eigenvalue weighted by Crippen LogP contribution is 2.24. The Morgan fingerprint density at radius 1 is 1.33 bits per heavy atom. The van der Waals surface area contributed by atoms with Crippen molar-refractivity contribution >= 4 is 6.09 Å². The third-order valence-electron chi connectivity index (χ3n) is 2.00. The number of hydrogen-bond donors (Lipinski definition) is 3. The fraction of sp³-hybridized carbons (Fsp3) is 0.300. The second-order valence-electron chi connectivity index (χ2n) is 3.30. The number of ether oxygens (including phenoxy) is 1. The summed E-state index contributed by atoms with van der Waals surface area (Å²) in [5.74, 6) is -0.418. The van der Waals surface area contributed by atoms with E-state index in [4.69, 9.17) is 10.2 Å². The van der Waals surface area contributed by atoms with Crippen molar-refractivity contribution in [1.29, 1.82) is 0 Å². The van der Waals surface area contributed by atoms with E-state index in [0.29, 0.717) is 5.56 Å². The molecule has 5 nitrogen and oxygen atoms in total. The first-order chi connectivity index (χ1) is 8.31. The average Bonchev–Trinajstić information content (AvgIpc) is 2.24. The van der Waals surface area contributed by atoms with Gasteiger partial charge in [0.25, 0.3) is 0 Å². The van der Waals surface area contributed by atoms with Crippen molar-refractivity contribution in [1.82, 2.24) is 5.32 Å². The van der Waals surface area contributed by atoms with Gasteiger partial charge in [0.15, 0.2) is 0 Å². The van der Waals surface area contributed by atoms with Crippen molar-refractivity contribution in [2.75, 3.05) is 6.61 Å². The van der Waals surface area contributed by atoms with Crippen molar-refractivity contribution in [2.45, 2.75) is 12.4 Å². The largest absolute Gasteiger partial charge is 0.573 e. The lowest BCUT2D eigenvalue weighted by Gasteiger charge is -2.15. The predicted octanol–water partition coefficient (Wildman–Crippen LogP) is 1.89. The Morgan fingerprint density at radius 2 is 1.89 bits per heavy atom. The van der Waals surface area contributed by atoms with Gasteiger partial charge in [0.1, 0.15) is 5.75 Å². The molecule has 0 saturated heterocycles. The van der Waals surface area contributed by atoms with Crippen LogP contribution in [0.4, 0.5) is 18.0 Å². The summed E-state index contributed by atoms with van der Waals surface area (Å²) in [4.78, 5) is 10.4. The Balaban J connectivity index is 2.77. The second kappa shape index (κ2) is 5.58. The van der Waals surface area contributed by atoms with Gasteiger partial charge in [0, 0.05) is 0 Å². The van der Waals surface area contributed by atoms with Gasteiger partial charge >= 0.3 is 12.5 Å². The fourth-order valence-corrected chi connectivity index (χ4v) is 1.29. The molecule has 0 fully saturated rings. The minimum atomic E-state index is -4.78. The van der Waals surface area contributed by atoms with Crippen LogP contribution in [-0.2, 0) is 0 Å².